The molecule has 22 heavy (non-hydrogen) atoms. The van der Waals surface area contributed by atoms with Crippen molar-refractivity contribution >= 4 is 21.6 Å². The third-order valence-electron chi connectivity index (χ3n) is 3.16. The van der Waals surface area contributed by atoms with Gasteiger partial charge in [0.15, 0.2) is 5.75 Å². The highest BCUT2D eigenvalue weighted by atomic mass is 35.5. The largest absolute Gasteiger partial charge is 0.225 e. The number of rotatable bonds is 6. The molecule has 0 aliphatic heterocycles. The van der Waals surface area contributed by atoms with Gasteiger partial charge in [-0.1, -0.05) is 60.1 Å². The number of nitrogens with one attached hydrogen (secondary N) is 1. The van der Waals surface area contributed by atoms with E-state index in [0.717, 1.165) is 11.1 Å². The van der Waals surface area contributed by atoms with Gasteiger partial charge in [-0.15, -0.1) is 0 Å². The fourth-order valence-electron chi connectivity index (χ4n) is 2.14. The molecule has 2 rings (SSSR count). The van der Waals surface area contributed by atoms with Crippen LogP contribution in [0, 0.1) is 11.3 Å². The van der Waals surface area contributed by atoms with Gasteiger partial charge in [0.1, 0.15) is 0 Å². The Morgan fingerprint density at radius 3 is 2.36 bits per heavy atom. The van der Waals surface area contributed by atoms with Crippen molar-refractivity contribution in [2.75, 3.05) is 5.75 Å². The van der Waals surface area contributed by atoms with Crippen LogP contribution < -0.4 is 4.72 Å². The van der Waals surface area contributed by atoms with Gasteiger partial charge < -0.3 is 0 Å². The molecule has 0 radical (unpaired) electrons. The van der Waals surface area contributed by atoms with E-state index < -0.39 is 21.8 Å². The molecule has 0 aliphatic carbocycles. The van der Waals surface area contributed by atoms with Crippen LogP contribution in [-0.4, -0.2) is 14.2 Å². The smallest absolute Gasteiger partial charge is 0.211 e. The van der Waals surface area contributed by atoms with Gasteiger partial charge >= 0.3 is 0 Å². The van der Waals surface area contributed by atoms with E-state index in [2.05, 4.69) is 4.72 Å². The summed E-state index contributed by atoms with van der Waals surface area (Å²) in [6, 6.07) is 17.7. The lowest BCUT2D eigenvalue weighted by atomic mass is 10.00. The zero-order chi connectivity index (χ0) is 16.0. The molecule has 2 aromatic carbocycles. The summed E-state index contributed by atoms with van der Waals surface area (Å²) in [6.45, 7) is 0. The molecule has 0 saturated heterocycles. The molecule has 0 saturated carbocycles. The van der Waals surface area contributed by atoms with Crippen molar-refractivity contribution in [3.05, 3.63) is 70.7 Å². The van der Waals surface area contributed by atoms with E-state index in [1.807, 2.05) is 48.5 Å². The van der Waals surface area contributed by atoms with Crippen molar-refractivity contribution in [3.63, 3.8) is 0 Å². The highest BCUT2D eigenvalue weighted by molar-refractivity contribution is 7.89. The normalized spacial score (nSPS) is 12.5. The molecule has 0 unspecified atom stereocenters. The average Bonchev–Trinajstić information content (AvgIpc) is 2.49. The second kappa shape index (κ2) is 7.41. The standard InChI is InChI=1S/C16H15ClN2O2S/c17-15-9-5-4-8-14(15)12-16(13-6-2-1-3-7-13)19-22(20,21)11-10-18/h1-9,16,19H,11-12H2/t16-/m0/s1. The van der Waals surface area contributed by atoms with Crippen LogP contribution in [0.5, 0.6) is 0 Å². The Bertz CT molecular complexity index is 770. The predicted molar refractivity (Wildman–Crippen MR) is 86.9 cm³/mol. The van der Waals surface area contributed by atoms with Crippen molar-refractivity contribution in [2.24, 2.45) is 0 Å². The maximum Gasteiger partial charge on any atom is 0.225 e. The van der Waals surface area contributed by atoms with Crippen molar-refractivity contribution in [3.8, 4) is 6.07 Å². The first-order chi connectivity index (χ1) is 10.5. The Kier molecular flexibility index (Phi) is 5.56. The maximum atomic E-state index is 11.9. The van der Waals surface area contributed by atoms with Gasteiger partial charge in [0, 0.05) is 5.02 Å². The molecule has 0 spiro atoms. The minimum atomic E-state index is -3.67. The zero-order valence-corrected chi connectivity index (χ0v) is 13.3. The monoisotopic (exact) mass is 334 g/mol. The van der Waals surface area contributed by atoms with E-state index in [-0.39, 0.29) is 0 Å². The van der Waals surface area contributed by atoms with Crippen LogP contribution in [0.2, 0.25) is 5.02 Å². The third-order valence-corrected chi connectivity index (χ3v) is 4.68. The molecule has 6 heteroatoms. The molecular weight excluding hydrogens is 320 g/mol. The molecule has 0 heterocycles. The van der Waals surface area contributed by atoms with E-state index in [1.54, 1.807) is 12.1 Å². The van der Waals surface area contributed by atoms with Crippen molar-refractivity contribution in [2.45, 2.75) is 12.5 Å². The van der Waals surface area contributed by atoms with Gasteiger partial charge in [-0.05, 0) is 23.6 Å². The lowest BCUT2D eigenvalue weighted by Crippen LogP contribution is -2.31. The maximum absolute atomic E-state index is 11.9. The first kappa shape index (κ1) is 16.5. The molecule has 1 N–H and O–H groups in total. The molecule has 0 aliphatic rings. The molecule has 0 fully saturated rings. The van der Waals surface area contributed by atoms with E-state index in [0.29, 0.717) is 11.4 Å². The van der Waals surface area contributed by atoms with Crippen LogP contribution in [0.25, 0.3) is 0 Å². The van der Waals surface area contributed by atoms with E-state index in [1.165, 1.54) is 0 Å². The summed E-state index contributed by atoms with van der Waals surface area (Å²) in [7, 11) is -3.67. The van der Waals surface area contributed by atoms with Crippen LogP contribution in [0.4, 0.5) is 0 Å². The highest BCUT2D eigenvalue weighted by Crippen LogP contribution is 2.24. The fourth-order valence-corrected chi connectivity index (χ4v) is 3.26. The Hall–Kier alpha value is -1.87. The van der Waals surface area contributed by atoms with E-state index >= 15 is 0 Å². The molecule has 1 atom stereocenters. The number of sulfonamides is 1. The van der Waals surface area contributed by atoms with Gasteiger partial charge in [0.2, 0.25) is 10.0 Å². The Morgan fingerprint density at radius 2 is 1.73 bits per heavy atom. The number of nitriles is 1. The SMILES string of the molecule is N#CCS(=O)(=O)N[C@@H](Cc1ccccc1Cl)c1ccccc1. The lowest BCUT2D eigenvalue weighted by molar-refractivity contribution is 0.558. The van der Waals surface area contributed by atoms with E-state index in [4.69, 9.17) is 16.9 Å². The third kappa shape index (κ3) is 4.57. The quantitative estimate of drug-likeness (QED) is 0.882. The summed E-state index contributed by atoms with van der Waals surface area (Å²) in [4.78, 5) is 0. The summed E-state index contributed by atoms with van der Waals surface area (Å²) in [5.41, 5.74) is 1.67. The first-order valence-electron chi connectivity index (χ1n) is 6.67. The molecule has 0 bridgehead atoms. The summed E-state index contributed by atoms with van der Waals surface area (Å²) in [5, 5.41) is 9.21. The van der Waals surface area contributed by atoms with Crippen molar-refractivity contribution in [1.82, 2.24) is 4.72 Å². The molecule has 0 aromatic heterocycles. The van der Waals surface area contributed by atoms with Gasteiger partial charge in [-0.2, -0.15) is 5.26 Å². The number of hydrogen-bond donors (Lipinski definition) is 1. The van der Waals surface area contributed by atoms with Crippen LogP contribution in [0.1, 0.15) is 17.2 Å². The van der Waals surface area contributed by atoms with Gasteiger partial charge in [0.25, 0.3) is 0 Å². The summed E-state index contributed by atoms with van der Waals surface area (Å²) >= 11 is 6.16. The second-order valence-electron chi connectivity index (χ2n) is 4.79. The van der Waals surface area contributed by atoms with Gasteiger partial charge in [-0.3, -0.25) is 0 Å². The Balaban J connectivity index is 2.31. The number of hydrogen-bond acceptors (Lipinski definition) is 3. The van der Waals surface area contributed by atoms with Crippen molar-refractivity contribution in [1.29, 1.82) is 5.26 Å². The molecule has 114 valence electrons. The fraction of sp³-hybridized carbons (Fsp3) is 0.188. The summed E-state index contributed by atoms with van der Waals surface area (Å²) < 4.78 is 26.4. The minimum Gasteiger partial charge on any atom is -0.211 e. The van der Waals surface area contributed by atoms with Crippen LogP contribution in [0.15, 0.2) is 54.6 Å². The molecule has 2 aromatic rings. The number of benzene rings is 2. The predicted octanol–water partition coefficient (Wildman–Crippen LogP) is 3.07. The first-order valence-corrected chi connectivity index (χ1v) is 8.70. The van der Waals surface area contributed by atoms with Crippen molar-refractivity contribution < 1.29 is 8.42 Å². The average molecular weight is 335 g/mol. The zero-order valence-electron chi connectivity index (χ0n) is 11.7. The number of halogens is 1. The second-order valence-corrected chi connectivity index (χ2v) is 6.95. The van der Waals surface area contributed by atoms with E-state index in [9.17, 15) is 8.42 Å². The van der Waals surface area contributed by atoms with Crippen LogP contribution in [-0.2, 0) is 16.4 Å². The summed E-state index contributed by atoms with van der Waals surface area (Å²) in [5.74, 6) is -0.571. The van der Waals surface area contributed by atoms with Gasteiger partial charge in [0.05, 0.1) is 12.1 Å². The Morgan fingerprint density at radius 1 is 1.09 bits per heavy atom. The molecule has 0 amide bonds. The van der Waals surface area contributed by atoms with Crippen LogP contribution >= 0.6 is 11.6 Å². The number of nitrogens with zero attached hydrogens (tertiary/aromatic N) is 1. The Labute approximate surface area is 135 Å². The van der Waals surface area contributed by atoms with Crippen LogP contribution in [0.3, 0.4) is 0 Å². The topological polar surface area (TPSA) is 70.0 Å². The highest BCUT2D eigenvalue weighted by Gasteiger charge is 2.20. The molecular formula is C16H15ClN2O2S. The summed E-state index contributed by atoms with van der Waals surface area (Å²) in [6.07, 6.45) is 0.411. The minimum absolute atomic E-state index is 0.411. The lowest BCUT2D eigenvalue weighted by Gasteiger charge is -2.19. The molecule has 4 nitrogen and oxygen atoms in total. The van der Waals surface area contributed by atoms with Gasteiger partial charge in [-0.25, -0.2) is 13.1 Å².